The summed E-state index contributed by atoms with van der Waals surface area (Å²) in [6.07, 6.45) is 1.47. The van der Waals surface area contributed by atoms with Crippen LogP contribution < -0.4 is 10.6 Å². The van der Waals surface area contributed by atoms with Crippen molar-refractivity contribution in [2.75, 3.05) is 10.6 Å². The van der Waals surface area contributed by atoms with Crippen LogP contribution in [0, 0.1) is 23.0 Å². The van der Waals surface area contributed by atoms with Crippen molar-refractivity contribution in [1.82, 2.24) is 4.98 Å². The van der Waals surface area contributed by atoms with Gasteiger partial charge in [-0.05, 0) is 48.5 Å². The highest BCUT2D eigenvalue weighted by atomic mass is 19.2. The van der Waals surface area contributed by atoms with E-state index in [4.69, 9.17) is 5.26 Å². The van der Waals surface area contributed by atoms with E-state index >= 15 is 0 Å². The molecule has 0 aliphatic heterocycles. The number of aromatic nitrogens is 1. The Balaban J connectivity index is 1.67. The van der Waals surface area contributed by atoms with Gasteiger partial charge in [-0.15, -0.1) is 0 Å². The van der Waals surface area contributed by atoms with Crippen LogP contribution in [0.4, 0.5) is 25.8 Å². The number of amides is 1. The van der Waals surface area contributed by atoms with Crippen molar-refractivity contribution in [2.45, 2.75) is 0 Å². The second-order valence-corrected chi connectivity index (χ2v) is 5.33. The normalized spacial score (nSPS) is 10.0. The van der Waals surface area contributed by atoms with Gasteiger partial charge in [-0.3, -0.25) is 4.79 Å². The van der Waals surface area contributed by atoms with E-state index in [9.17, 15) is 13.6 Å². The minimum absolute atomic E-state index is 0.125. The summed E-state index contributed by atoms with van der Waals surface area (Å²) in [5.74, 6) is -2.57. The summed E-state index contributed by atoms with van der Waals surface area (Å²) in [6, 6.07) is 15.2. The molecule has 0 aliphatic rings. The summed E-state index contributed by atoms with van der Waals surface area (Å²) in [5, 5.41) is 14.3. The highest BCUT2D eigenvalue weighted by Crippen LogP contribution is 2.17. The lowest BCUT2D eigenvalue weighted by Gasteiger charge is -2.08. The maximum Gasteiger partial charge on any atom is 0.274 e. The Bertz CT molecular complexity index is 980. The predicted octanol–water partition coefficient (Wildman–Crippen LogP) is 4.23. The summed E-state index contributed by atoms with van der Waals surface area (Å²) in [7, 11) is 0. The number of nitriles is 1. The van der Waals surface area contributed by atoms with Gasteiger partial charge in [0.25, 0.3) is 5.91 Å². The lowest BCUT2D eigenvalue weighted by molar-refractivity contribution is 0.102. The molecule has 0 unspecified atom stereocenters. The molecular weight excluding hydrogens is 338 g/mol. The molecule has 1 aromatic heterocycles. The van der Waals surface area contributed by atoms with Gasteiger partial charge >= 0.3 is 0 Å². The molecule has 0 spiro atoms. The monoisotopic (exact) mass is 350 g/mol. The number of benzene rings is 2. The van der Waals surface area contributed by atoms with Gasteiger partial charge in [0, 0.05) is 17.4 Å². The number of rotatable bonds is 4. The van der Waals surface area contributed by atoms with Crippen LogP contribution in [0.2, 0.25) is 0 Å². The molecule has 1 heterocycles. The van der Waals surface area contributed by atoms with Crippen molar-refractivity contribution >= 4 is 23.0 Å². The number of nitrogens with zero attached hydrogens (tertiary/aromatic N) is 2. The van der Waals surface area contributed by atoms with Gasteiger partial charge in [0.05, 0.1) is 23.5 Å². The molecule has 0 bridgehead atoms. The third kappa shape index (κ3) is 3.99. The zero-order valence-electron chi connectivity index (χ0n) is 13.3. The van der Waals surface area contributed by atoms with E-state index < -0.39 is 17.5 Å². The Kier molecular flexibility index (Phi) is 4.85. The van der Waals surface area contributed by atoms with Crippen molar-refractivity contribution in [3.05, 3.63) is 83.7 Å². The minimum atomic E-state index is -1.04. The fourth-order valence-electron chi connectivity index (χ4n) is 2.17. The SMILES string of the molecule is N#Cc1ccc(Nc2ccc(C(=O)Nc3ccc(F)c(F)c3)nc2)cc1. The van der Waals surface area contributed by atoms with E-state index in [-0.39, 0.29) is 11.4 Å². The molecule has 1 amide bonds. The molecule has 0 fully saturated rings. The molecule has 5 nitrogen and oxygen atoms in total. The lowest BCUT2D eigenvalue weighted by atomic mass is 10.2. The number of hydrogen-bond acceptors (Lipinski definition) is 4. The Morgan fingerprint density at radius 3 is 2.23 bits per heavy atom. The van der Waals surface area contributed by atoms with Crippen LogP contribution in [0.25, 0.3) is 0 Å². The molecule has 7 heteroatoms. The molecule has 0 saturated heterocycles. The number of pyridine rings is 1. The van der Waals surface area contributed by atoms with E-state index in [1.807, 2.05) is 6.07 Å². The van der Waals surface area contributed by atoms with Crippen molar-refractivity contribution in [2.24, 2.45) is 0 Å². The van der Waals surface area contributed by atoms with Crippen LogP contribution in [-0.4, -0.2) is 10.9 Å². The second kappa shape index (κ2) is 7.40. The van der Waals surface area contributed by atoms with Gasteiger partial charge in [-0.25, -0.2) is 13.8 Å². The number of anilines is 3. The quantitative estimate of drug-likeness (QED) is 0.738. The van der Waals surface area contributed by atoms with Crippen LogP contribution in [0.1, 0.15) is 16.1 Å². The zero-order valence-corrected chi connectivity index (χ0v) is 13.3. The van der Waals surface area contributed by atoms with Crippen LogP contribution in [-0.2, 0) is 0 Å². The van der Waals surface area contributed by atoms with E-state index in [1.165, 1.54) is 18.3 Å². The van der Waals surface area contributed by atoms with E-state index in [0.29, 0.717) is 11.3 Å². The number of carbonyl (C=O) groups excluding carboxylic acids is 1. The van der Waals surface area contributed by atoms with Crippen LogP contribution >= 0.6 is 0 Å². The van der Waals surface area contributed by atoms with Crippen molar-refractivity contribution < 1.29 is 13.6 Å². The summed E-state index contributed by atoms with van der Waals surface area (Å²) in [5.41, 5.74) is 2.23. The molecule has 26 heavy (non-hydrogen) atoms. The summed E-state index contributed by atoms with van der Waals surface area (Å²) >= 11 is 0. The third-order valence-corrected chi connectivity index (χ3v) is 3.48. The van der Waals surface area contributed by atoms with Crippen molar-refractivity contribution in [3.63, 3.8) is 0 Å². The van der Waals surface area contributed by atoms with Gasteiger partial charge in [0.15, 0.2) is 11.6 Å². The second-order valence-electron chi connectivity index (χ2n) is 5.33. The van der Waals surface area contributed by atoms with E-state index in [1.54, 1.807) is 30.3 Å². The third-order valence-electron chi connectivity index (χ3n) is 3.48. The molecule has 128 valence electrons. The number of hydrogen-bond donors (Lipinski definition) is 2. The maximum absolute atomic E-state index is 13.2. The van der Waals surface area contributed by atoms with Crippen molar-refractivity contribution in [1.29, 1.82) is 5.26 Å². The lowest BCUT2D eigenvalue weighted by Crippen LogP contribution is -2.13. The average molecular weight is 350 g/mol. The molecule has 3 rings (SSSR count). The topological polar surface area (TPSA) is 77.8 Å². The number of nitrogens with one attached hydrogen (secondary N) is 2. The molecule has 2 aromatic carbocycles. The Morgan fingerprint density at radius 2 is 1.62 bits per heavy atom. The first-order valence-corrected chi connectivity index (χ1v) is 7.55. The zero-order chi connectivity index (χ0) is 18.5. The number of carbonyl (C=O) groups is 1. The molecule has 0 saturated carbocycles. The highest BCUT2D eigenvalue weighted by Gasteiger charge is 2.10. The number of halogens is 2. The Morgan fingerprint density at radius 1 is 0.923 bits per heavy atom. The Labute approximate surface area is 147 Å². The summed E-state index contributed by atoms with van der Waals surface area (Å²) in [4.78, 5) is 16.2. The van der Waals surface area contributed by atoms with Gasteiger partial charge in [-0.2, -0.15) is 5.26 Å². The molecule has 0 atom stereocenters. The first-order valence-electron chi connectivity index (χ1n) is 7.55. The predicted molar refractivity (Wildman–Crippen MR) is 93.0 cm³/mol. The molecule has 0 aliphatic carbocycles. The first kappa shape index (κ1) is 17.0. The van der Waals surface area contributed by atoms with Crippen LogP contribution in [0.15, 0.2) is 60.8 Å². The van der Waals surface area contributed by atoms with Crippen LogP contribution in [0.5, 0.6) is 0 Å². The van der Waals surface area contributed by atoms with Gasteiger partial charge < -0.3 is 10.6 Å². The van der Waals surface area contributed by atoms with Gasteiger partial charge in [-0.1, -0.05) is 0 Å². The van der Waals surface area contributed by atoms with Crippen molar-refractivity contribution in [3.8, 4) is 6.07 Å². The molecular formula is C19H12F2N4O. The standard InChI is InChI=1S/C19H12F2N4O/c20-16-7-5-14(9-17(16)21)25-19(26)18-8-6-15(11-23-18)24-13-3-1-12(10-22)2-4-13/h1-9,11,24H,(H,25,26). The fraction of sp³-hybridized carbons (Fsp3) is 0. The molecule has 3 aromatic rings. The minimum Gasteiger partial charge on any atom is -0.354 e. The average Bonchev–Trinajstić information content (AvgIpc) is 2.66. The van der Waals surface area contributed by atoms with Gasteiger partial charge in [0.2, 0.25) is 0 Å². The van der Waals surface area contributed by atoms with Crippen LogP contribution in [0.3, 0.4) is 0 Å². The Hall–Kier alpha value is -3.79. The molecule has 2 N–H and O–H groups in total. The highest BCUT2D eigenvalue weighted by molar-refractivity contribution is 6.02. The molecule has 0 radical (unpaired) electrons. The maximum atomic E-state index is 13.2. The summed E-state index contributed by atoms with van der Waals surface area (Å²) < 4.78 is 26.1. The van der Waals surface area contributed by atoms with E-state index in [0.717, 1.165) is 17.8 Å². The smallest absolute Gasteiger partial charge is 0.274 e. The first-order chi connectivity index (χ1) is 12.5. The van der Waals surface area contributed by atoms with Gasteiger partial charge in [0.1, 0.15) is 5.69 Å². The van der Waals surface area contributed by atoms with E-state index in [2.05, 4.69) is 15.6 Å². The largest absolute Gasteiger partial charge is 0.354 e. The fourth-order valence-corrected chi connectivity index (χ4v) is 2.17. The summed E-state index contributed by atoms with van der Waals surface area (Å²) in [6.45, 7) is 0.